The van der Waals surface area contributed by atoms with Crippen LogP contribution in [0.25, 0.3) is 27.7 Å². The Labute approximate surface area is 175 Å². The van der Waals surface area contributed by atoms with E-state index >= 15 is 0 Å². The average molecular weight is 427 g/mol. The molecule has 31 heavy (non-hydrogen) atoms. The molecule has 0 bridgehead atoms. The Balaban J connectivity index is 1.69. The second-order valence-electron chi connectivity index (χ2n) is 7.68. The van der Waals surface area contributed by atoms with E-state index in [1.54, 1.807) is 51.4 Å². The Morgan fingerprint density at radius 3 is 2.58 bits per heavy atom. The highest BCUT2D eigenvalue weighted by molar-refractivity contribution is 5.97. The number of nitrogens with zero attached hydrogens (tertiary/aromatic N) is 4. The normalized spacial score (nSPS) is 15.2. The van der Waals surface area contributed by atoms with Crippen molar-refractivity contribution in [3.05, 3.63) is 60.2 Å². The van der Waals surface area contributed by atoms with E-state index in [2.05, 4.69) is 10.3 Å². The molecule has 0 atom stereocenters. The van der Waals surface area contributed by atoms with Crippen LogP contribution in [-0.4, -0.2) is 50.9 Å². The predicted molar refractivity (Wildman–Crippen MR) is 111 cm³/mol. The number of piperazine rings is 1. The summed E-state index contributed by atoms with van der Waals surface area (Å²) < 4.78 is 45.2. The van der Waals surface area contributed by atoms with E-state index in [0.29, 0.717) is 40.9 Å². The highest BCUT2D eigenvalue weighted by Gasteiger charge is 2.35. The number of alkyl halides is 3. The second kappa shape index (κ2) is 7.12. The number of fused-ring (bicyclic) bond motifs is 2. The van der Waals surface area contributed by atoms with Gasteiger partial charge in [-0.2, -0.15) is 13.2 Å². The third-order valence-electron chi connectivity index (χ3n) is 5.78. The van der Waals surface area contributed by atoms with Crippen molar-refractivity contribution in [2.24, 2.45) is 7.05 Å². The largest absolute Gasteiger partial charge is 0.417 e. The SMILES string of the molecule is Cn1cnc2cc(-c3cccn4c(C(=O)N5CCNCC5)ccc34)c(C(F)(F)F)cc21. The fourth-order valence-electron chi connectivity index (χ4n) is 4.20. The molecule has 4 aromatic rings. The molecule has 1 aliphatic heterocycles. The molecule has 1 N–H and O–H groups in total. The first-order chi connectivity index (χ1) is 14.8. The molecule has 1 aliphatic rings. The van der Waals surface area contributed by atoms with Gasteiger partial charge in [0.2, 0.25) is 0 Å². The second-order valence-corrected chi connectivity index (χ2v) is 7.68. The predicted octanol–water partition coefficient (Wildman–Crippen LogP) is 3.56. The molecule has 3 aromatic heterocycles. The van der Waals surface area contributed by atoms with Gasteiger partial charge in [0, 0.05) is 45.0 Å². The first-order valence-electron chi connectivity index (χ1n) is 9.97. The number of hydrogen-bond acceptors (Lipinski definition) is 3. The van der Waals surface area contributed by atoms with Crippen LogP contribution < -0.4 is 5.32 Å². The number of nitrogens with one attached hydrogen (secondary N) is 1. The van der Waals surface area contributed by atoms with Crippen LogP contribution in [0.4, 0.5) is 13.2 Å². The maximum absolute atomic E-state index is 14.0. The molecule has 1 saturated heterocycles. The number of imidazole rings is 1. The van der Waals surface area contributed by atoms with Crippen molar-refractivity contribution in [1.82, 2.24) is 24.2 Å². The van der Waals surface area contributed by atoms with E-state index in [4.69, 9.17) is 0 Å². The summed E-state index contributed by atoms with van der Waals surface area (Å²) in [6.45, 7) is 2.64. The van der Waals surface area contributed by atoms with E-state index < -0.39 is 11.7 Å². The van der Waals surface area contributed by atoms with E-state index in [0.717, 1.165) is 19.2 Å². The number of aromatic nitrogens is 3. The smallest absolute Gasteiger partial charge is 0.335 e. The first-order valence-corrected chi connectivity index (χ1v) is 9.97. The minimum atomic E-state index is -4.54. The summed E-state index contributed by atoms with van der Waals surface area (Å²) in [5, 5.41) is 3.20. The molecule has 1 fully saturated rings. The number of rotatable bonds is 2. The van der Waals surface area contributed by atoms with Crippen LogP contribution in [0.2, 0.25) is 0 Å². The molecule has 0 radical (unpaired) electrons. The Bertz CT molecular complexity index is 1300. The summed E-state index contributed by atoms with van der Waals surface area (Å²) in [6.07, 6.45) is -1.33. The molecule has 0 aliphatic carbocycles. The number of halogens is 3. The van der Waals surface area contributed by atoms with E-state index in [-0.39, 0.29) is 11.5 Å². The van der Waals surface area contributed by atoms with Crippen LogP contribution in [-0.2, 0) is 13.2 Å². The highest BCUT2D eigenvalue weighted by Crippen LogP contribution is 2.40. The van der Waals surface area contributed by atoms with Gasteiger partial charge < -0.3 is 19.2 Å². The number of carbonyl (C=O) groups is 1. The molecule has 160 valence electrons. The van der Waals surface area contributed by atoms with Crippen molar-refractivity contribution in [3.63, 3.8) is 0 Å². The van der Waals surface area contributed by atoms with Gasteiger partial charge in [-0.25, -0.2) is 4.98 Å². The molecule has 1 amide bonds. The number of hydrogen-bond donors (Lipinski definition) is 1. The first kappa shape index (κ1) is 19.6. The van der Waals surface area contributed by atoms with Crippen molar-refractivity contribution in [2.45, 2.75) is 6.18 Å². The van der Waals surface area contributed by atoms with E-state index in [9.17, 15) is 18.0 Å². The lowest BCUT2D eigenvalue weighted by molar-refractivity contribution is -0.137. The zero-order valence-electron chi connectivity index (χ0n) is 16.8. The molecule has 0 spiro atoms. The summed E-state index contributed by atoms with van der Waals surface area (Å²) in [6, 6.07) is 9.30. The van der Waals surface area contributed by atoms with Crippen LogP contribution >= 0.6 is 0 Å². The van der Waals surface area contributed by atoms with E-state index in [1.165, 1.54) is 12.4 Å². The lowest BCUT2D eigenvalue weighted by Crippen LogP contribution is -2.46. The molecule has 5 rings (SSSR count). The monoisotopic (exact) mass is 427 g/mol. The molecule has 1 aromatic carbocycles. The fraction of sp³-hybridized carbons (Fsp3) is 0.273. The summed E-state index contributed by atoms with van der Waals surface area (Å²) in [7, 11) is 1.66. The lowest BCUT2D eigenvalue weighted by atomic mass is 9.98. The number of amides is 1. The minimum Gasteiger partial charge on any atom is -0.335 e. The van der Waals surface area contributed by atoms with Crippen LogP contribution in [0.1, 0.15) is 16.1 Å². The Morgan fingerprint density at radius 1 is 1.06 bits per heavy atom. The molecule has 0 unspecified atom stereocenters. The van der Waals surface area contributed by atoms with Crippen LogP contribution in [0.3, 0.4) is 0 Å². The zero-order valence-corrected chi connectivity index (χ0v) is 16.8. The van der Waals surface area contributed by atoms with Gasteiger partial charge in [-0.05, 0) is 35.9 Å². The van der Waals surface area contributed by atoms with Crippen molar-refractivity contribution in [3.8, 4) is 11.1 Å². The lowest BCUT2D eigenvalue weighted by Gasteiger charge is -2.27. The molecule has 6 nitrogen and oxygen atoms in total. The van der Waals surface area contributed by atoms with Crippen LogP contribution in [0, 0.1) is 0 Å². The average Bonchev–Trinajstić information content (AvgIpc) is 3.36. The number of carbonyl (C=O) groups excluding carboxylic acids is 1. The van der Waals surface area contributed by atoms with Crippen molar-refractivity contribution < 1.29 is 18.0 Å². The number of benzene rings is 1. The maximum atomic E-state index is 14.0. The Hall–Kier alpha value is -3.33. The van der Waals surface area contributed by atoms with Crippen molar-refractivity contribution in [1.29, 1.82) is 0 Å². The highest BCUT2D eigenvalue weighted by atomic mass is 19.4. The standard InChI is InChI=1S/C22H20F3N5O/c1-28-13-27-17-11-15(16(12-20(17)28)22(23,24)25)14-3-2-8-30-18(14)4-5-19(30)21(31)29-9-6-26-7-10-29/h2-5,8,11-13,26H,6-7,9-10H2,1H3. The fourth-order valence-corrected chi connectivity index (χ4v) is 4.20. The third-order valence-corrected chi connectivity index (χ3v) is 5.78. The molecular formula is C22H20F3N5O. The van der Waals surface area contributed by atoms with Crippen molar-refractivity contribution in [2.75, 3.05) is 26.2 Å². The number of pyridine rings is 1. The van der Waals surface area contributed by atoms with Gasteiger partial charge in [-0.1, -0.05) is 6.07 Å². The molecule has 0 saturated carbocycles. The van der Waals surface area contributed by atoms with Gasteiger partial charge in [-0.15, -0.1) is 0 Å². The van der Waals surface area contributed by atoms with E-state index in [1.807, 2.05) is 0 Å². The molecular weight excluding hydrogens is 407 g/mol. The van der Waals surface area contributed by atoms with Gasteiger partial charge in [-0.3, -0.25) is 4.79 Å². The minimum absolute atomic E-state index is 0.0450. The van der Waals surface area contributed by atoms with Crippen LogP contribution in [0.5, 0.6) is 0 Å². The molecule has 9 heteroatoms. The summed E-state index contributed by atoms with van der Waals surface area (Å²) >= 11 is 0. The van der Waals surface area contributed by atoms with Gasteiger partial charge in [0.25, 0.3) is 5.91 Å². The Kier molecular flexibility index (Phi) is 4.51. The quantitative estimate of drug-likeness (QED) is 0.532. The maximum Gasteiger partial charge on any atom is 0.417 e. The third kappa shape index (κ3) is 3.25. The zero-order chi connectivity index (χ0) is 21.8. The van der Waals surface area contributed by atoms with Gasteiger partial charge in [0.15, 0.2) is 0 Å². The summed E-state index contributed by atoms with van der Waals surface area (Å²) in [4.78, 5) is 19.0. The number of aryl methyl sites for hydroxylation is 1. The van der Waals surface area contributed by atoms with Gasteiger partial charge in [0.1, 0.15) is 5.69 Å². The van der Waals surface area contributed by atoms with Crippen LogP contribution in [0.15, 0.2) is 48.9 Å². The summed E-state index contributed by atoms with van der Waals surface area (Å²) in [5.74, 6) is -0.130. The summed E-state index contributed by atoms with van der Waals surface area (Å²) in [5.41, 5.74) is 1.59. The van der Waals surface area contributed by atoms with Crippen molar-refractivity contribution >= 4 is 22.5 Å². The van der Waals surface area contributed by atoms with Gasteiger partial charge >= 0.3 is 6.18 Å². The van der Waals surface area contributed by atoms with Gasteiger partial charge in [0.05, 0.1) is 28.4 Å². The topological polar surface area (TPSA) is 54.6 Å². The Morgan fingerprint density at radius 2 is 1.84 bits per heavy atom. The molecule has 4 heterocycles.